The number of hydrogen-bond acceptors (Lipinski definition) is 4. The van der Waals surface area contributed by atoms with Crippen molar-refractivity contribution in [3.8, 4) is 28.3 Å². The summed E-state index contributed by atoms with van der Waals surface area (Å²) in [5, 5.41) is 0.680. The Labute approximate surface area is 171 Å². The predicted molar refractivity (Wildman–Crippen MR) is 116 cm³/mol. The molecule has 3 aromatic rings. The van der Waals surface area contributed by atoms with Crippen molar-refractivity contribution in [1.82, 2.24) is 9.88 Å². The monoisotopic (exact) mass is 393 g/mol. The van der Waals surface area contributed by atoms with E-state index in [0.29, 0.717) is 5.02 Å². The van der Waals surface area contributed by atoms with Crippen LogP contribution < -0.4 is 9.64 Å². The van der Waals surface area contributed by atoms with Gasteiger partial charge in [-0.2, -0.15) is 0 Å². The lowest BCUT2D eigenvalue weighted by atomic mass is 10.1. The van der Waals surface area contributed by atoms with Crippen LogP contribution in [0.5, 0.6) is 5.75 Å². The first-order valence-electron chi connectivity index (χ1n) is 9.48. The van der Waals surface area contributed by atoms with Gasteiger partial charge in [0.1, 0.15) is 5.75 Å². The van der Waals surface area contributed by atoms with E-state index in [-0.39, 0.29) is 0 Å². The molecule has 0 aliphatic carbocycles. The third-order valence-corrected chi connectivity index (χ3v) is 5.43. The van der Waals surface area contributed by atoms with Gasteiger partial charge < -0.3 is 14.5 Å². The van der Waals surface area contributed by atoms with Gasteiger partial charge in [0.05, 0.1) is 18.5 Å². The fraction of sp³-hybridized carbons (Fsp3) is 0.261. The molecule has 4 rings (SSSR count). The molecule has 0 saturated carbocycles. The average molecular weight is 394 g/mol. The minimum atomic E-state index is 0.680. The Morgan fingerprint density at radius 1 is 0.821 bits per heavy atom. The zero-order chi connectivity index (χ0) is 19.5. The lowest BCUT2D eigenvalue weighted by Gasteiger charge is -2.34. The van der Waals surface area contributed by atoms with Crippen molar-refractivity contribution in [3.63, 3.8) is 0 Å². The third kappa shape index (κ3) is 4.13. The van der Waals surface area contributed by atoms with E-state index in [1.54, 1.807) is 7.11 Å². The molecule has 0 unspecified atom stereocenters. The zero-order valence-electron chi connectivity index (χ0n) is 16.2. The maximum atomic E-state index is 6.40. The van der Waals surface area contributed by atoms with E-state index in [1.807, 2.05) is 36.4 Å². The van der Waals surface area contributed by atoms with Crippen LogP contribution in [-0.2, 0) is 0 Å². The summed E-state index contributed by atoms with van der Waals surface area (Å²) in [5.41, 5.74) is 5.07. The van der Waals surface area contributed by atoms with Crippen LogP contribution in [0.15, 0.2) is 60.7 Å². The van der Waals surface area contributed by atoms with E-state index in [2.05, 4.69) is 41.1 Å². The van der Waals surface area contributed by atoms with Crippen molar-refractivity contribution in [1.29, 1.82) is 0 Å². The number of rotatable bonds is 4. The van der Waals surface area contributed by atoms with E-state index in [4.69, 9.17) is 21.3 Å². The van der Waals surface area contributed by atoms with Gasteiger partial charge in [-0.1, -0.05) is 23.7 Å². The largest absolute Gasteiger partial charge is 0.497 e. The standard InChI is InChI=1S/C23H24ClN3O/c1-26-11-13-27(14-12-26)20-7-3-17(4-8-20)22-15-19(24)16-23(25-22)18-5-9-21(28-2)10-6-18/h3-10,15-16H,11-14H2,1-2H3. The highest BCUT2D eigenvalue weighted by molar-refractivity contribution is 6.31. The third-order valence-electron chi connectivity index (χ3n) is 5.21. The van der Waals surface area contributed by atoms with Crippen LogP contribution in [0.4, 0.5) is 5.69 Å². The molecule has 4 nitrogen and oxygen atoms in total. The van der Waals surface area contributed by atoms with Crippen molar-refractivity contribution in [2.75, 3.05) is 45.2 Å². The van der Waals surface area contributed by atoms with Crippen LogP contribution in [0.2, 0.25) is 5.02 Å². The Bertz CT molecular complexity index is 933. The Balaban J connectivity index is 1.59. The van der Waals surface area contributed by atoms with Gasteiger partial charge in [-0.25, -0.2) is 4.98 Å². The van der Waals surface area contributed by atoms with E-state index in [1.165, 1.54) is 5.69 Å². The highest BCUT2D eigenvalue weighted by Gasteiger charge is 2.14. The predicted octanol–water partition coefficient (Wildman–Crippen LogP) is 4.83. The SMILES string of the molecule is COc1ccc(-c2cc(Cl)cc(-c3ccc(N4CCN(C)CC4)cc3)n2)cc1. The van der Waals surface area contributed by atoms with Gasteiger partial charge in [0.15, 0.2) is 0 Å². The molecule has 0 radical (unpaired) electrons. The van der Waals surface area contributed by atoms with Crippen LogP contribution in [-0.4, -0.2) is 50.2 Å². The van der Waals surface area contributed by atoms with Gasteiger partial charge in [-0.05, 0) is 55.6 Å². The molecule has 1 aliphatic heterocycles. The van der Waals surface area contributed by atoms with Gasteiger partial charge in [0.2, 0.25) is 0 Å². The van der Waals surface area contributed by atoms with E-state index in [9.17, 15) is 0 Å². The summed E-state index contributed by atoms with van der Waals surface area (Å²) < 4.78 is 5.24. The molecule has 0 atom stereocenters. The molecule has 0 N–H and O–H groups in total. The van der Waals surface area contributed by atoms with Crippen molar-refractivity contribution in [3.05, 3.63) is 65.7 Å². The van der Waals surface area contributed by atoms with Gasteiger partial charge in [-0.15, -0.1) is 0 Å². The van der Waals surface area contributed by atoms with E-state index in [0.717, 1.165) is 54.4 Å². The summed E-state index contributed by atoms with van der Waals surface area (Å²) in [4.78, 5) is 9.63. The summed E-state index contributed by atoms with van der Waals surface area (Å²) in [6.07, 6.45) is 0. The number of aromatic nitrogens is 1. The summed E-state index contributed by atoms with van der Waals surface area (Å²) in [6, 6.07) is 20.3. The van der Waals surface area contributed by atoms with Crippen molar-refractivity contribution < 1.29 is 4.74 Å². The van der Waals surface area contributed by atoms with Gasteiger partial charge in [-0.3, -0.25) is 0 Å². The molecule has 0 spiro atoms. The second-order valence-corrected chi connectivity index (χ2v) is 7.56. The van der Waals surface area contributed by atoms with Crippen LogP contribution in [0.25, 0.3) is 22.5 Å². The molecule has 1 aliphatic rings. The maximum absolute atomic E-state index is 6.40. The number of piperazine rings is 1. The highest BCUT2D eigenvalue weighted by atomic mass is 35.5. The lowest BCUT2D eigenvalue weighted by Crippen LogP contribution is -2.44. The lowest BCUT2D eigenvalue weighted by molar-refractivity contribution is 0.313. The second-order valence-electron chi connectivity index (χ2n) is 7.12. The van der Waals surface area contributed by atoms with Gasteiger partial charge in [0.25, 0.3) is 0 Å². The summed E-state index contributed by atoms with van der Waals surface area (Å²) >= 11 is 6.40. The van der Waals surface area contributed by atoms with Crippen molar-refractivity contribution >= 4 is 17.3 Å². The number of halogens is 1. The first kappa shape index (κ1) is 18.8. The summed E-state index contributed by atoms with van der Waals surface area (Å²) in [6.45, 7) is 4.32. The first-order chi connectivity index (χ1) is 13.6. The van der Waals surface area contributed by atoms with E-state index >= 15 is 0 Å². The van der Waals surface area contributed by atoms with Crippen LogP contribution >= 0.6 is 11.6 Å². The Morgan fingerprint density at radius 2 is 1.36 bits per heavy atom. The number of methoxy groups -OCH3 is 1. The minimum Gasteiger partial charge on any atom is -0.497 e. The molecular weight excluding hydrogens is 370 g/mol. The van der Waals surface area contributed by atoms with Gasteiger partial charge in [0, 0.05) is 48.0 Å². The molecule has 0 amide bonds. The molecule has 1 aromatic heterocycles. The number of hydrogen-bond donors (Lipinski definition) is 0. The highest BCUT2D eigenvalue weighted by Crippen LogP contribution is 2.29. The summed E-state index contributed by atoms with van der Waals surface area (Å²) in [7, 11) is 3.84. The van der Waals surface area contributed by atoms with Crippen LogP contribution in [0.3, 0.4) is 0 Å². The molecule has 5 heteroatoms. The number of ether oxygens (including phenoxy) is 1. The number of anilines is 1. The average Bonchev–Trinajstić information content (AvgIpc) is 2.74. The molecule has 2 aromatic carbocycles. The summed E-state index contributed by atoms with van der Waals surface area (Å²) in [5.74, 6) is 0.825. The molecule has 28 heavy (non-hydrogen) atoms. The van der Waals surface area contributed by atoms with E-state index < -0.39 is 0 Å². The fourth-order valence-electron chi connectivity index (χ4n) is 3.46. The van der Waals surface area contributed by atoms with Gasteiger partial charge >= 0.3 is 0 Å². The minimum absolute atomic E-state index is 0.680. The molecule has 1 saturated heterocycles. The number of nitrogens with zero attached hydrogens (tertiary/aromatic N) is 3. The van der Waals surface area contributed by atoms with Crippen molar-refractivity contribution in [2.24, 2.45) is 0 Å². The normalized spacial score (nSPS) is 14.9. The molecule has 2 heterocycles. The molecule has 144 valence electrons. The molecular formula is C23H24ClN3O. The van der Waals surface area contributed by atoms with Crippen LogP contribution in [0, 0.1) is 0 Å². The Kier molecular flexibility index (Phi) is 5.51. The molecule has 0 bridgehead atoms. The Morgan fingerprint density at radius 3 is 1.89 bits per heavy atom. The molecule has 1 fully saturated rings. The number of benzene rings is 2. The number of pyridine rings is 1. The zero-order valence-corrected chi connectivity index (χ0v) is 17.0. The smallest absolute Gasteiger partial charge is 0.118 e. The maximum Gasteiger partial charge on any atom is 0.118 e. The number of likely N-dealkylation sites (N-methyl/N-ethyl adjacent to an activating group) is 1. The fourth-order valence-corrected chi connectivity index (χ4v) is 3.67. The quantitative estimate of drug-likeness (QED) is 0.634. The van der Waals surface area contributed by atoms with Crippen molar-refractivity contribution in [2.45, 2.75) is 0 Å². The second kappa shape index (κ2) is 8.21. The van der Waals surface area contributed by atoms with Crippen LogP contribution in [0.1, 0.15) is 0 Å². The Hall–Kier alpha value is -2.56. The first-order valence-corrected chi connectivity index (χ1v) is 9.86. The topological polar surface area (TPSA) is 28.6 Å².